The zero-order valence-electron chi connectivity index (χ0n) is 34.2. The largest absolute Gasteiger partial charge is 0.481 e. The minimum atomic E-state index is -1.82. The fourth-order valence-corrected chi connectivity index (χ4v) is 6.50. The van der Waals surface area contributed by atoms with E-state index in [1.807, 2.05) is 24.3 Å². The van der Waals surface area contributed by atoms with Crippen molar-refractivity contribution in [1.29, 1.82) is 0 Å². The number of carboxylic acid groups (broad SMARTS) is 3. The number of carbonyl (C=O) groups excluding carboxylic acids is 7. The number of carboxylic acids is 3. The summed E-state index contributed by atoms with van der Waals surface area (Å²) in [4.78, 5) is 126. The molecule has 0 radical (unpaired) electrons. The van der Waals surface area contributed by atoms with E-state index in [9.17, 15) is 58.2 Å². The first kappa shape index (κ1) is 50.3. The van der Waals surface area contributed by atoms with Gasteiger partial charge in [-0.25, -0.2) is 0 Å². The fourth-order valence-electron chi connectivity index (χ4n) is 6.25. The van der Waals surface area contributed by atoms with Gasteiger partial charge in [0.25, 0.3) is 0 Å². The molecule has 6 atom stereocenters. The molecular weight excluding hydrogens is 843 g/mol. The summed E-state index contributed by atoms with van der Waals surface area (Å²) in [5.41, 5.74) is 6.77. The molecule has 0 saturated heterocycles. The number of fused-ring (bicyclic) bond motifs is 1. The van der Waals surface area contributed by atoms with Crippen molar-refractivity contribution in [3.05, 3.63) is 83.9 Å². The summed E-state index contributed by atoms with van der Waals surface area (Å²) in [6.45, 7) is 1.30. The Balaban J connectivity index is 1.73. The van der Waals surface area contributed by atoms with Crippen LogP contribution < -0.4 is 37.6 Å². The number of aliphatic carboxylic acids is 3. The van der Waals surface area contributed by atoms with Crippen LogP contribution in [0.4, 0.5) is 0 Å². The first-order chi connectivity index (χ1) is 29.9. The predicted molar refractivity (Wildman–Crippen MR) is 229 cm³/mol. The van der Waals surface area contributed by atoms with Crippen molar-refractivity contribution in [3.8, 4) is 0 Å². The number of amides is 7. The van der Waals surface area contributed by atoms with Gasteiger partial charge in [0, 0.05) is 37.9 Å². The van der Waals surface area contributed by atoms with Gasteiger partial charge in [-0.3, -0.25) is 47.9 Å². The molecule has 0 heterocycles. The van der Waals surface area contributed by atoms with Gasteiger partial charge in [0.2, 0.25) is 41.4 Å². The zero-order valence-corrected chi connectivity index (χ0v) is 35.1. The first-order valence-electron chi connectivity index (χ1n) is 19.8. The molecule has 0 spiro atoms. The van der Waals surface area contributed by atoms with E-state index in [2.05, 4.69) is 44.5 Å². The monoisotopic (exact) mass is 893 g/mol. The molecule has 0 aliphatic carbocycles. The lowest BCUT2D eigenvalue weighted by Gasteiger charge is -2.26. The summed E-state index contributed by atoms with van der Waals surface area (Å²) in [6, 6.07) is 12.3. The average Bonchev–Trinajstić information content (AvgIpc) is 3.23. The van der Waals surface area contributed by atoms with E-state index in [0.717, 1.165) is 10.8 Å². The Morgan fingerprint density at radius 2 is 1.11 bits per heavy atom. The highest BCUT2D eigenvalue weighted by Crippen LogP contribution is 2.20. The maximum Gasteiger partial charge on any atom is 0.305 e. The lowest BCUT2D eigenvalue weighted by atomic mass is 9.98. The first-order valence-corrected chi connectivity index (χ1v) is 20.4. The van der Waals surface area contributed by atoms with Crippen LogP contribution in [0, 0.1) is 0 Å². The maximum absolute atomic E-state index is 13.7. The third kappa shape index (κ3) is 17.1. The minimum absolute atomic E-state index is 0.0118. The molecule has 3 aromatic carbocycles. The molecule has 0 saturated carbocycles. The molecule has 20 nitrogen and oxygen atoms in total. The number of nitrogens with one attached hydrogen (secondary N) is 6. The van der Waals surface area contributed by atoms with Crippen molar-refractivity contribution in [2.75, 3.05) is 5.75 Å². The van der Waals surface area contributed by atoms with Crippen LogP contribution in [0.15, 0.2) is 72.8 Å². The number of thiol groups is 1. The molecule has 0 aliphatic rings. The zero-order chi connectivity index (χ0) is 46.6. The van der Waals surface area contributed by atoms with Gasteiger partial charge in [0.15, 0.2) is 0 Å². The van der Waals surface area contributed by atoms with Crippen LogP contribution in [0.2, 0.25) is 0 Å². The van der Waals surface area contributed by atoms with Crippen LogP contribution in [0.25, 0.3) is 10.8 Å². The van der Waals surface area contributed by atoms with Gasteiger partial charge < -0.3 is 53.0 Å². The van der Waals surface area contributed by atoms with Gasteiger partial charge >= 0.3 is 17.9 Å². The van der Waals surface area contributed by atoms with Crippen LogP contribution in [0.1, 0.15) is 56.6 Å². The average molecular weight is 894 g/mol. The molecule has 7 amide bonds. The summed E-state index contributed by atoms with van der Waals surface area (Å²) in [5, 5.41) is 43.8. The Bertz CT molecular complexity index is 2150. The van der Waals surface area contributed by atoms with Crippen molar-refractivity contribution in [2.45, 2.75) is 94.5 Å². The molecule has 0 aromatic heterocycles. The second-order valence-corrected chi connectivity index (χ2v) is 14.9. The van der Waals surface area contributed by atoms with Crippen LogP contribution in [-0.2, 0) is 60.8 Å². The Morgan fingerprint density at radius 3 is 1.75 bits per heavy atom. The molecule has 3 rings (SSSR count). The molecule has 11 N–H and O–H groups in total. The lowest BCUT2D eigenvalue weighted by Crippen LogP contribution is -2.60. The van der Waals surface area contributed by atoms with Gasteiger partial charge in [-0.05, 0) is 41.7 Å². The van der Waals surface area contributed by atoms with Crippen molar-refractivity contribution < 1.29 is 63.3 Å². The highest BCUT2D eigenvalue weighted by Gasteiger charge is 2.33. The molecule has 21 heteroatoms. The molecule has 63 heavy (non-hydrogen) atoms. The summed E-state index contributed by atoms with van der Waals surface area (Å²) in [6.07, 6.45) is -2.73. The fraction of sp³-hybridized carbons (Fsp3) is 0.381. The molecule has 3 aromatic rings. The normalized spacial score (nSPS) is 13.7. The van der Waals surface area contributed by atoms with Gasteiger partial charge in [-0.2, -0.15) is 12.6 Å². The van der Waals surface area contributed by atoms with E-state index in [1.165, 1.54) is 6.92 Å². The van der Waals surface area contributed by atoms with Crippen LogP contribution >= 0.6 is 12.6 Å². The second kappa shape index (κ2) is 25.0. The molecule has 0 aliphatic heterocycles. The molecule has 338 valence electrons. The summed E-state index contributed by atoms with van der Waals surface area (Å²) in [7, 11) is 0. The van der Waals surface area contributed by atoms with Crippen molar-refractivity contribution >= 4 is 82.7 Å². The Kier molecular flexibility index (Phi) is 20.0. The number of benzene rings is 3. The van der Waals surface area contributed by atoms with E-state index in [0.29, 0.717) is 11.1 Å². The topological polar surface area (TPSA) is 330 Å². The molecule has 0 bridgehead atoms. The number of nitrogens with two attached hydrogens (primary N) is 1. The summed E-state index contributed by atoms with van der Waals surface area (Å²) >= 11 is 4.13. The minimum Gasteiger partial charge on any atom is -0.481 e. The standard InChI is InChI=1S/C42H51N7O13S/c1-23(44-40(60)30(45-33(50)15-8-16-34(51)52)20-26-13-7-12-25-11-5-6-14-27(25)26)38(58)49-32(22-63)42(62)46-28(17-18-35(53)54)39(59)48-31(21-36(55)56)41(61)47-29(37(43)57)19-24-9-3-2-4-10-24/h2-7,9-14,23,28-32,63H,8,15-22H2,1H3,(H2,43,57)(H,44,60)(H,45,50)(H,46,62)(H,47,61)(H,48,59)(H,49,58)(H,51,52)(H,53,54)(H,55,56). The second-order valence-electron chi connectivity index (χ2n) is 14.5. The SMILES string of the molecule is CC(NC(=O)C(Cc1cccc2ccccc12)NC(=O)CCCC(=O)O)C(=O)NC(CS)C(=O)NC(CCC(=O)O)C(=O)NC(CC(=O)O)C(=O)NC(Cc1ccccc1)C(N)=O. The van der Waals surface area contributed by atoms with E-state index < -0.39 is 115 Å². The lowest BCUT2D eigenvalue weighted by molar-refractivity contribution is -0.141. The van der Waals surface area contributed by atoms with E-state index in [-0.39, 0.29) is 37.9 Å². The van der Waals surface area contributed by atoms with Crippen molar-refractivity contribution in [1.82, 2.24) is 31.9 Å². The summed E-state index contributed by atoms with van der Waals surface area (Å²) in [5.74, 6) is -10.9. The van der Waals surface area contributed by atoms with Gasteiger partial charge in [0.05, 0.1) is 6.42 Å². The van der Waals surface area contributed by atoms with E-state index >= 15 is 0 Å². The van der Waals surface area contributed by atoms with Crippen LogP contribution in [-0.4, -0.2) is 117 Å². The molecular formula is C42H51N7O13S. The smallest absolute Gasteiger partial charge is 0.305 e. The van der Waals surface area contributed by atoms with E-state index in [1.54, 1.807) is 48.5 Å². The molecule has 0 fully saturated rings. The maximum atomic E-state index is 13.7. The number of carbonyl (C=O) groups is 10. The van der Waals surface area contributed by atoms with E-state index in [4.69, 9.17) is 10.8 Å². The predicted octanol–water partition coefficient (Wildman–Crippen LogP) is -0.437. The number of hydrogen-bond donors (Lipinski definition) is 11. The van der Waals surface area contributed by atoms with Crippen molar-refractivity contribution in [3.63, 3.8) is 0 Å². The van der Waals surface area contributed by atoms with Gasteiger partial charge in [-0.1, -0.05) is 72.8 Å². The third-order valence-electron chi connectivity index (χ3n) is 9.55. The summed E-state index contributed by atoms with van der Waals surface area (Å²) < 4.78 is 0. The van der Waals surface area contributed by atoms with Gasteiger partial charge in [-0.15, -0.1) is 0 Å². The van der Waals surface area contributed by atoms with Crippen molar-refractivity contribution in [2.24, 2.45) is 5.73 Å². The Hall–Kier alpha value is -7.03. The quantitative estimate of drug-likeness (QED) is 0.0456. The molecule has 6 unspecified atom stereocenters. The highest BCUT2D eigenvalue weighted by molar-refractivity contribution is 7.80. The number of rotatable bonds is 26. The Labute approximate surface area is 366 Å². The van der Waals surface area contributed by atoms with Gasteiger partial charge in [0.1, 0.15) is 36.3 Å². The van der Waals surface area contributed by atoms with Crippen LogP contribution in [0.3, 0.4) is 0 Å². The Morgan fingerprint density at radius 1 is 0.556 bits per heavy atom. The number of primary amides is 1. The number of hydrogen-bond acceptors (Lipinski definition) is 11. The third-order valence-corrected chi connectivity index (χ3v) is 9.92. The highest BCUT2D eigenvalue weighted by atomic mass is 32.1. The van der Waals surface area contributed by atoms with Crippen LogP contribution in [0.5, 0.6) is 0 Å².